The molecule has 0 aliphatic carbocycles. The van der Waals surface area contributed by atoms with Crippen LogP contribution in [0.4, 0.5) is 0 Å². The van der Waals surface area contributed by atoms with Crippen molar-refractivity contribution in [3.05, 3.63) is 59.7 Å². The molecule has 1 aliphatic rings. The molecule has 1 heterocycles. The summed E-state index contributed by atoms with van der Waals surface area (Å²) in [5.41, 5.74) is 0.894. The monoisotopic (exact) mass is 417 g/mol. The van der Waals surface area contributed by atoms with E-state index in [0.29, 0.717) is 30.0 Å². The molecule has 2 aromatic rings. The van der Waals surface area contributed by atoms with Crippen LogP contribution in [0.3, 0.4) is 0 Å². The van der Waals surface area contributed by atoms with Gasteiger partial charge in [0.2, 0.25) is 10.0 Å². The number of piperazine rings is 1. The van der Waals surface area contributed by atoms with Crippen molar-refractivity contribution in [1.82, 2.24) is 14.5 Å². The molecule has 8 nitrogen and oxygen atoms in total. The minimum Gasteiger partial charge on any atom is -0.497 e. The molecule has 0 aromatic heterocycles. The topological polar surface area (TPSA) is 96.0 Å². The van der Waals surface area contributed by atoms with Crippen molar-refractivity contribution in [2.75, 3.05) is 40.3 Å². The molecule has 1 N–H and O–H groups in total. The largest absolute Gasteiger partial charge is 0.497 e. The number of hydrogen-bond acceptors (Lipinski definition) is 5. The van der Waals surface area contributed by atoms with Gasteiger partial charge in [0.05, 0.1) is 12.0 Å². The molecule has 0 spiro atoms. The highest BCUT2D eigenvalue weighted by Gasteiger charge is 2.30. The number of nitrogens with zero attached hydrogens (tertiary/aromatic N) is 2. The summed E-state index contributed by atoms with van der Waals surface area (Å²) in [7, 11) is -0.643. The van der Waals surface area contributed by atoms with Crippen LogP contribution < -0.4 is 10.1 Å². The minimum atomic E-state index is -3.69. The van der Waals surface area contributed by atoms with Crippen LogP contribution in [0.1, 0.15) is 20.7 Å². The van der Waals surface area contributed by atoms with Crippen molar-refractivity contribution in [3.63, 3.8) is 0 Å². The molecule has 1 fully saturated rings. The molecule has 29 heavy (non-hydrogen) atoms. The second-order valence-electron chi connectivity index (χ2n) is 6.53. The standard InChI is InChI=1S/C20H23N3O5S/c1-21-19(24)15-6-8-18(9-7-15)29(26,27)23-12-10-22(11-13-23)20(25)16-4-3-5-17(14-16)28-2/h3-9,14H,10-13H2,1-2H3,(H,21,24). The Morgan fingerprint density at radius 3 is 2.21 bits per heavy atom. The molecule has 3 rings (SSSR count). The Kier molecular flexibility index (Phi) is 6.19. The quantitative estimate of drug-likeness (QED) is 0.789. The predicted octanol–water partition coefficient (Wildman–Crippen LogP) is 1.20. The first-order valence-corrected chi connectivity index (χ1v) is 10.6. The van der Waals surface area contributed by atoms with Crippen molar-refractivity contribution >= 4 is 21.8 Å². The maximum atomic E-state index is 12.9. The Balaban J connectivity index is 1.67. The number of nitrogens with one attached hydrogen (secondary N) is 1. The van der Waals surface area contributed by atoms with E-state index in [2.05, 4.69) is 5.32 Å². The Hall–Kier alpha value is -2.91. The SMILES string of the molecule is CNC(=O)c1ccc(S(=O)(=O)N2CCN(C(=O)c3cccc(OC)c3)CC2)cc1. The number of carbonyl (C=O) groups excluding carboxylic acids is 2. The number of benzene rings is 2. The molecule has 0 bridgehead atoms. The van der Waals surface area contributed by atoms with E-state index in [1.165, 1.54) is 42.7 Å². The fourth-order valence-electron chi connectivity index (χ4n) is 3.14. The number of ether oxygens (including phenoxy) is 1. The number of rotatable bonds is 5. The Labute approximate surface area is 170 Å². The van der Waals surface area contributed by atoms with Gasteiger partial charge in [-0.25, -0.2) is 8.42 Å². The normalized spacial score (nSPS) is 15.0. The van der Waals surface area contributed by atoms with Gasteiger partial charge >= 0.3 is 0 Å². The number of methoxy groups -OCH3 is 1. The highest BCUT2D eigenvalue weighted by atomic mass is 32.2. The molecular weight excluding hydrogens is 394 g/mol. The van der Waals surface area contributed by atoms with Gasteiger partial charge in [-0.2, -0.15) is 4.31 Å². The van der Waals surface area contributed by atoms with Gasteiger partial charge in [-0.3, -0.25) is 9.59 Å². The smallest absolute Gasteiger partial charge is 0.254 e. The third-order valence-electron chi connectivity index (χ3n) is 4.82. The summed E-state index contributed by atoms with van der Waals surface area (Å²) in [5, 5.41) is 2.49. The lowest BCUT2D eigenvalue weighted by Gasteiger charge is -2.34. The van der Waals surface area contributed by atoms with Gasteiger partial charge < -0.3 is 15.0 Å². The van der Waals surface area contributed by atoms with Crippen LogP contribution in [0, 0.1) is 0 Å². The van der Waals surface area contributed by atoms with Crippen LogP contribution >= 0.6 is 0 Å². The predicted molar refractivity (Wildman–Crippen MR) is 107 cm³/mol. The summed E-state index contributed by atoms with van der Waals surface area (Å²) in [6.07, 6.45) is 0. The molecule has 1 saturated heterocycles. The molecule has 2 amide bonds. The first kappa shape index (κ1) is 20.8. The first-order chi connectivity index (χ1) is 13.9. The van der Waals surface area contributed by atoms with Gasteiger partial charge in [0.25, 0.3) is 11.8 Å². The van der Waals surface area contributed by atoms with Crippen LogP contribution in [-0.4, -0.2) is 69.8 Å². The number of carbonyl (C=O) groups is 2. The molecule has 0 atom stereocenters. The summed E-state index contributed by atoms with van der Waals surface area (Å²) in [4.78, 5) is 26.1. The number of sulfonamides is 1. The lowest BCUT2D eigenvalue weighted by Crippen LogP contribution is -2.50. The second-order valence-corrected chi connectivity index (χ2v) is 8.47. The van der Waals surface area contributed by atoms with Crippen molar-refractivity contribution in [3.8, 4) is 5.75 Å². The minimum absolute atomic E-state index is 0.123. The summed E-state index contributed by atoms with van der Waals surface area (Å²) >= 11 is 0. The lowest BCUT2D eigenvalue weighted by atomic mass is 10.1. The van der Waals surface area contributed by atoms with E-state index in [1.807, 2.05) is 0 Å². The van der Waals surface area contributed by atoms with Gasteiger partial charge in [0, 0.05) is 44.4 Å². The third kappa shape index (κ3) is 4.41. The molecular formula is C20H23N3O5S. The molecule has 0 unspecified atom stereocenters. The van der Waals surface area contributed by atoms with E-state index in [9.17, 15) is 18.0 Å². The van der Waals surface area contributed by atoms with Gasteiger partial charge in [-0.1, -0.05) is 6.07 Å². The maximum absolute atomic E-state index is 12.9. The van der Waals surface area contributed by atoms with E-state index in [-0.39, 0.29) is 29.8 Å². The maximum Gasteiger partial charge on any atom is 0.254 e. The highest BCUT2D eigenvalue weighted by molar-refractivity contribution is 7.89. The van der Waals surface area contributed by atoms with E-state index >= 15 is 0 Å². The van der Waals surface area contributed by atoms with Gasteiger partial charge in [0.1, 0.15) is 5.75 Å². The Bertz CT molecular complexity index is 997. The van der Waals surface area contributed by atoms with Crippen LogP contribution in [0.5, 0.6) is 5.75 Å². The summed E-state index contributed by atoms with van der Waals surface area (Å²) in [5.74, 6) is 0.159. The third-order valence-corrected chi connectivity index (χ3v) is 6.74. The molecule has 9 heteroatoms. The van der Waals surface area contributed by atoms with Crippen molar-refractivity contribution in [2.24, 2.45) is 0 Å². The summed E-state index contributed by atoms with van der Waals surface area (Å²) in [6, 6.07) is 12.7. The molecule has 2 aromatic carbocycles. The summed E-state index contributed by atoms with van der Waals surface area (Å²) < 4.78 is 32.3. The summed E-state index contributed by atoms with van der Waals surface area (Å²) in [6.45, 7) is 1.00. The zero-order chi connectivity index (χ0) is 21.0. The van der Waals surface area contributed by atoms with Crippen LogP contribution in [0.15, 0.2) is 53.4 Å². The van der Waals surface area contributed by atoms with E-state index in [4.69, 9.17) is 4.74 Å². The Morgan fingerprint density at radius 2 is 1.62 bits per heavy atom. The van der Waals surface area contributed by atoms with Crippen molar-refractivity contribution in [2.45, 2.75) is 4.90 Å². The van der Waals surface area contributed by atoms with Crippen LogP contribution in [0.2, 0.25) is 0 Å². The lowest BCUT2D eigenvalue weighted by molar-refractivity contribution is 0.0697. The molecule has 1 aliphatic heterocycles. The zero-order valence-corrected chi connectivity index (χ0v) is 17.1. The number of amides is 2. The highest BCUT2D eigenvalue weighted by Crippen LogP contribution is 2.20. The fourth-order valence-corrected chi connectivity index (χ4v) is 4.56. The van der Waals surface area contributed by atoms with Crippen molar-refractivity contribution < 1.29 is 22.7 Å². The second kappa shape index (κ2) is 8.62. The molecule has 0 radical (unpaired) electrons. The van der Waals surface area contributed by atoms with Gasteiger partial charge in [0.15, 0.2) is 0 Å². The number of hydrogen-bond donors (Lipinski definition) is 1. The van der Waals surface area contributed by atoms with E-state index in [1.54, 1.807) is 29.2 Å². The average molecular weight is 417 g/mol. The molecule has 154 valence electrons. The van der Waals surface area contributed by atoms with Crippen LogP contribution in [-0.2, 0) is 10.0 Å². The fraction of sp³-hybridized carbons (Fsp3) is 0.300. The zero-order valence-electron chi connectivity index (χ0n) is 16.3. The average Bonchev–Trinajstić information content (AvgIpc) is 2.78. The van der Waals surface area contributed by atoms with Gasteiger partial charge in [-0.15, -0.1) is 0 Å². The van der Waals surface area contributed by atoms with E-state index < -0.39 is 10.0 Å². The first-order valence-electron chi connectivity index (χ1n) is 9.12. The molecule has 0 saturated carbocycles. The van der Waals surface area contributed by atoms with E-state index in [0.717, 1.165) is 0 Å². The Morgan fingerprint density at radius 1 is 0.966 bits per heavy atom. The van der Waals surface area contributed by atoms with Crippen LogP contribution in [0.25, 0.3) is 0 Å². The van der Waals surface area contributed by atoms with Crippen molar-refractivity contribution in [1.29, 1.82) is 0 Å². The van der Waals surface area contributed by atoms with Gasteiger partial charge in [-0.05, 0) is 42.5 Å².